The fourth-order valence-electron chi connectivity index (χ4n) is 1.24. The Kier molecular flexibility index (Phi) is 3.58. The maximum atomic E-state index is 10.5. The molecule has 18 heavy (non-hydrogen) atoms. The fourth-order valence-corrected chi connectivity index (χ4v) is 2.94. The molecule has 0 fully saturated rings. The zero-order valence-electron chi connectivity index (χ0n) is 9.38. The zero-order valence-corrected chi connectivity index (χ0v) is 11.0. The molecule has 0 unspecified atom stereocenters. The molecule has 0 atom stereocenters. The van der Waals surface area contributed by atoms with E-state index in [0.29, 0.717) is 15.6 Å². The van der Waals surface area contributed by atoms with Gasteiger partial charge in [0.15, 0.2) is 0 Å². The van der Waals surface area contributed by atoms with Crippen molar-refractivity contribution < 1.29 is 9.90 Å². The fraction of sp³-hybridized carbons (Fsp3) is 0.100. The van der Waals surface area contributed by atoms with Crippen LogP contribution in [-0.4, -0.2) is 21.8 Å². The number of hydrogen-bond acceptors (Lipinski definition) is 6. The summed E-state index contributed by atoms with van der Waals surface area (Å²) >= 11 is 2.84. The maximum Gasteiger partial charge on any atom is 0.332 e. The molecular formula is C10H10N4O2S2. The van der Waals surface area contributed by atoms with Crippen LogP contribution in [-0.2, 0) is 0 Å². The van der Waals surface area contributed by atoms with Crippen molar-refractivity contribution in [1.82, 2.24) is 10.4 Å². The van der Waals surface area contributed by atoms with E-state index in [0.717, 1.165) is 4.88 Å². The summed E-state index contributed by atoms with van der Waals surface area (Å²) in [6.45, 7) is 1.65. The van der Waals surface area contributed by atoms with Crippen molar-refractivity contribution in [3.8, 4) is 15.8 Å². The molecule has 0 aliphatic carbocycles. The second kappa shape index (κ2) is 5.15. The van der Waals surface area contributed by atoms with Crippen LogP contribution >= 0.6 is 22.7 Å². The number of carbonyl (C=O) groups excluding carboxylic acids is 1. The molecule has 0 aliphatic heterocycles. The number of hydrazone groups is 1. The molecule has 0 aliphatic rings. The van der Waals surface area contributed by atoms with Gasteiger partial charge in [0.25, 0.3) is 0 Å². The minimum absolute atomic E-state index is 0.101. The third-order valence-corrected chi connectivity index (χ3v) is 4.20. The third-order valence-electron chi connectivity index (χ3n) is 2.00. The molecule has 2 aromatic rings. The van der Waals surface area contributed by atoms with Crippen LogP contribution in [0.3, 0.4) is 0 Å². The highest BCUT2D eigenvalue weighted by Crippen LogP contribution is 2.34. The van der Waals surface area contributed by atoms with E-state index < -0.39 is 6.03 Å². The number of aromatic nitrogens is 1. The Morgan fingerprint density at radius 2 is 2.39 bits per heavy atom. The molecule has 0 aromatic carbocycles. The number of thiazole rings is 1. The second-order valence-electron chi connectivity index (χ2n) is 3.32. The summed E-state index contributed by atoms with van der Waals surface area (Å²) in [5, 5.41) is 16.1. The smallest absolute Gasteiger partial charge is 0.332 e. The van der Waals surface area contributed by atoms with Crippen molar-refractivity contribution in [3.05, 3.63) is 22.4 Å². The summed E-state index contributed by atoms with van der Waals surface area (Å²) in [6, 6.07) is 3.08. The van der Waals surface area contributed by atoms with Crippen LogP contribution in [0.2, 0.25) is 0 Å². The Balaban J connectivity index is 2.30. The van der Waals surface area contributed by atoms with Crippen molar-refractivity contribution >= 4 is 34.4 Å². The van der Waals surface area contributed by atoms with Crippen LogP contribution < -0.4 is 11.2 Å². The van der Waals surface area contributed by atoms with E-state index in [2.05, 4.69) is 15.5 Å². The molecule has 0 saturated carbocycles. The molecule has 4 N–H and O–H groups in total. The molecule has 8 heteroatoms. The third kappa shape index (κ3) is 2.66. The van der Waals surface area contributed by atoms with E-state index in [4.69, 9.17) is 5.73 Å². The quantitative estimate of drug-likeness (QED) is 0.592. The van der Waals surface area contributed by atoms with Crippen molar-refractivity contribution in [2.24, 2.45) is 10.8 Å². The van der Waals surface area contributed by atoms with Crippen LogP contribution in [0.15, 0.2) is 22.6 Å². The molecule has 2 heterocycles. The summed E-state index contributed by atoms with van der Waals surface area (Å²) in [4.78, 5) is 16.1. The van der Waals surface area contributed by atoms with E-state index in [1.54, 1.807) is 6.92 Å². The van der Waals surface area contributed by atoms with E-state index in [-0.39, 0.29) is 5.88 Å². The highest BCUT2D eigenvalue weighted by atomic mass is 32.1. The van der Waals surface area contributed by atoms with Gasteiger partial charge >= 0.3 is 6.03 Å². The Morgan fingerprint density at radius 1 is 1.61 bits per heavy atom. The van der Waals surface area contributed by atoms with E-state index in [1.165, 1.54) is 22.7 Å². The Labute approximate surface area is 111 Å². The number of nitrogens with one attached hydrogen (secondary N) is 1. The summed E-state index contributed by atoms with van der Waals surface area (Å²) < 4.78 is 0. The first-order valence-corrected chi connectivity index (χ1v) is 6.61. The molecule has 94 valence electrons. The van der Waals surface area contributed by atoms with E-state index >= 15 is 0 Å². The lowest BCUT2D eigenvalue weighted by atomic mass is 10.4. The predicted octanol–water partition coefficient (Wildman–Crippen LogP) is 1.97. The van der Waals surface area contributed by atoms with Gasteiger partial charge in [0.05, 0.1) is 10.6 Å². The molecule has 2 amide bonds. The lowest BCUT2D eigenvalue weighted by molar-refractivity contribution is 0.249. The standard InChI is InChI=1S/C10H10N4O2S2/c1-5(13-14-10(11)16)7-8(15)12-9(18-7)6-3-2-4-17-6/h2-4,15H,1H3,(H3,11,14,16)/b13-5+. The van der Waals surface area contributed by atoms with Crippen LogP contribution in [0.1, 0.15) is 11.8 Å². The molecule has 0 spiro atoms. The van der Waals surface area contributed by atoms with Gasteiger partial charge in [-0.25, -0.2) is 15.2 Å². The van der Waals surface area contributed by atoms with Gasteiger partial charge in [0.2, 0.25) is 5.88 Å². The van der Waals surface area contributed by atoms with Gasteiger partial charge in [-0.3, -0.25) is 0 Å². The Bertz CT molecular complexity index is 589. The minimum Gasteiger partial charge on any atom is -0.492 e. The molecule has 0 saturated heterocycles. The summed E-state index contributed by atoms with van der Waals surface area (Å²) in [5.74, 6) is -0.101. The lowest BCUT2D eigenvalue weighted by Crippen LogP contribution is -2.25. The molecule has 0 bridgehead atoms. The number of nitrogens with zero attached hydrogens (tertiary/aromatic N) is 2. The average Bonchev–Trinajstić information content (AvgIpc) is 2.94. The van der Waals surface area contributed by atoms with Crippen molar-refractivity contribution in [2.75, 3.05) is 0 Å². The Hall–Kier alpha value is -1.93. The normalized spacial score (nSPS) is 11.5. The van der Waals surface area contributed by atoms with Gasteiger partial charge in [-0.2, -0.15) is 5.10 Å². The van der Waals surface area contributed by atoms with Gasteiger partial charge < -0.3 is 10.8 Å². The lowest BCUT2D eigenvalue weighted by Gasteiger charge is -1.96. The average molecular weight is 282 g/mol. The summed E-state index contributed by atoms with van der Waals surface area (Å²) in [6.07, 6.45) is 0. The number of primary amides is 1. The van der Waals surface area contributed by atoms with Crippen molar-refractivity contribution in [1.29, 1.82) is 0 Å². The van der Waals surface area contributed by atoms with E-state index in [9.17, 15) is 9.90 Å². The SMILES string of the molecule is C/C(=N\NC(N)=O)c1sc(-c2cccs2)nc1O. The van der Waals surface area contributed by atoms with E-state index in [1.807, 2.05) is 17.5 Å². The van der Waals surface area contributed by atoms with Crippen LogP contribution in [0.5, 0.6) is 5.88 Å². The summed E-state index contributed by atoms with van der Waals surface area (Å²) in [5.41, 5.74) is 7.47. The number of carbonyl (C=O) groups is 1. The number of hydrogen-bond donors (Lipinski definition) is 3. The first kappa shape index (κ1) is 12.5. The van der Waals surface area contributed by atoms with Crippen LogP contribution in [0.25, 0.3) is 9.88 Å². The molecule has 0 radical (unpaired) electrons. The zero-order chi connectivity index (χ0) is 13.1. The summed E-state index contributed by atoms with van der Waals surface area (Å²) in [7, 11) is 0. The van der Waals surface area contributed by atoms with Gasteiger partial charge in [-0.05, 0) is 18.4 Å². The number of aromatic hydroxyl groups is 1. The van der Waals surface area contributed by atoms with Crippen LogP contribution in [0.4, 0.5) is 4.79 Å². The monoisotopic (exact) mass is 282 g/mol. The van der Waals surface area contributed by atoms with Gasteiger partial charge in [0.1, 0.15) is 9.88 Å². The van der Waals surface area contributed by atoms with Gasteiger partial charge in [-0.15, -0.1) is 22.7 Å². The van der Waals surface area contributed by atoms with Crippen LogP contribution in [0, 0.1) is 0 Å². The second-order valence-corrected chi connectivity index (χ2v) is 5.27. The van der Waals surface area contributed by atoms with Crippen molar-refractivity contribution in [2.45, 2.75) is 6.92 Å². The highest BCUT2D eigenvalue weighted by molar-refractivity contribution is 7.22. The molecule has 6 nitrogen and oxygen atoms in total. The minimum atomic E-state index is -0.753. The molecule has 2 rings (SSSR count). The topological polar surface area (TPSA) is 101 Å². The van der Waals surface area contributed by atoms with Gasteiger partial charge in [0, 0.05) is 0 Å². The highest BCUT2D eigenvalue weighted by Gasteiger charge is 2.14. The number of amides is 2. The largest absolute Gasteiger partial charge is 0.492 e. The number of thiophene rings is 1. The molecular weight excluding hydrogens is 272 g/mol. The number of rotatable bonds is 3. The first-order valence-electron chi connectivity index (χ1n) is 4.91. The van der Waals surface area contributed by atoms with Gasteiger partial charge in [-0.1, -0.05) is 6.07 Å². The number of nitrogens with two attached hydrogens (primary N) is 1. The first-order chi connectivity index (χ1) is 8.58. The van der Waals surface area contributed by atoms with Crippen molar-refractivity contribution in [3.63, 3.8) is 0 Å². The number of urea groups is 1. The Morgan fingerprint density at radius 3 is 3.00 bits per heavy atom. The molecule has 2 aromatic heterocycles. The predicted molar refractivity (Wildman–Crippen MR) is 72.0 cm³/mol. The maximum absolute atomic E-state index is 10.5.